The Morgan fingerprint density at radius 3 is 2.61 bits per heavy atom. The highest BCUT2D eigenvalue weighted by molar-refractivity contribution is 6.01. The van der Waals surface area contributed by atoms with Crippen LogP contribution in [-0.4, -0.2) is 23.3 Å². The lowest BCUT2D eigenvalue weighted by Gasteiger charge is -2.08. The van der Waals surface area contributed by atoms with Gasteiger partial charge in [0.2, 0.25) is 0 Å². The summed E-state index contributed by atoms with van der Waals surface area (Å²) < 4.78 is 7.81. The van der Waals surface area contributed by atoms with Crippen LogP contribution in [-0.2, 0) is 11.8 Å². The van der Waals surface area contributed by atoms with Gasteiger partial charge in [-0.05, 0) is 24.4 Å². The number of carbonyl (C=O) groups excluding carboxylic acids is 1. The molecule has 140 valence electrons. The second-order valence-corrected chi connectivity index (χ2v) is 6.63. The van der Waals surface area contributed by atoms with Gasteiger partial charge in [0.05, 0.1) is 6.21 Å². The fourth-order valence-electron chi connectivity index (χ4n) is 3.38. The number of ether oxygens (including phenoxy) is 1. The van der Waals surface area contributed by atoms with Crippen molar-refractivity contribution in [1.82, 2.24) is 9.99 Å². The van der Waals surface area contributed by atoms with Gasteiger partial charge in [0.1, 0.15) is 5.75 Å². The van der Waals surface area contributed by atoms with Crippen LogP contribution in [0.25, 0.3) is 21.7 Å². The molecule has 0 aliphatic rings. The maximum absolute atomic E-state index is 12.1. The molecule has 1 N–H and O–H groups in total. The average Bonchev–Trinajstić information content (AvgIpc) is 2.97. The van der Waals surface area contributed by atoms with Gasteiger partial charge in [-0.25, -0.2) is 5.43 Å². The molecular weight excluding hydrogens is 350 g/mol. The number of amides is 1. The Kier molecular flexibility index (Phi) is 4.81. The lowest BCUT2D eigenvalue weighted by molar-refractivity contribution is -0.123. The van der Waals surface area contributed by atoms with E-state index < -0.39 is 0 Å². The second kappa shape index (κ2) is 7.56. The number of hydrogen-bond donors (Lipinski definition) is 1. The Bertz CT molecular complexity index is 1190. The minimum Gasteiger partial charge on any atom is -0.483 e. The molecule has 0 bridgehead atoms. The van der Waals surface area contributed by atoms with Crippen molar-refractivity contribution in [2.75, 3.05) is 6.61 Å². The van der Waals surface area contributed by atoms with Crippen LogP contribution in [0.5, 0.6) is 5.75 Å². The Balaban J connectivity index is 1.43. The minimum atomic E-state index is -0.304. The summed E-state index contributed by atoms with van der Waals surface area (Å²) in [7, 11) is 2.02. The number of benzene rings is 3. The molecule has 0 unspecified atom stereocenters. The van der Waals surface area contributed by atoms with Gasteiger partial charge >= 0.3 is 0 Å². The molecule has 0 saturated carbocycles. The first-order chi connectivity index (χ1) is 13.6. The topological polar surface area (TPSA) is 55.6 Å². The molecule has 28 heavy (non-hydrogen) atoms. The molecule has 0 aliphatic carbocycles. The SMILES string of the molecule is Cc1c(/C=N/NC(=O)COc2cccc3ccccc23)c2ccccc2n1C. The van der Waals surface area contributed by atoms with Crippen molar-refractivity contribution < 1.29 is 9.53 Å². The van der Waals surface area contributed by atoms with E-state index in [1.54, 1.807) is 6.21 Å². The number of rotatable bonds is 5. The van der Waals surface area contributed by atoms with Gasteiger partial charge in [-0.1, -0.05) is 54.6 Å². The van der Waals surface area contributed by atoms with Crippen LogP contribution in [0.4, 0.5) is 0 Å². The third-order valence-corrected chi connectivity index (χ3v) is 4.94. The van der Waals surface area contributed by atoms with Crippen molar-refractivity contribution in [3.8, 4) is 5.75 Å². The van der Waals surface area contributed by atoms with Crippen molar-refractivity contribution in [3.63, 3.8) is 0 Å². The lowest BCUT2D eigenvalue weighted by atomic mass is 10.1. The zero-order valence-electron chi connectivity index (χ0n) is 15.8. The van der Waals surface area contributed by atoms with Crippen LogP contribution >= 0.6 is 0 Å². The van der Waals surface area contributed by atoms with Crippen LogP contribution in [0.1, 0.15) is 11.3 Å². The zero-order chi connectivity index (χ0) is 19.5. The molecule has 0 spiro atoms. The van der Waals surface area contributed by atoms with Crippen LogP contribution < -0.4 is 10.2 Å². The number of hydrogen-bond acceptors (Lipinski definition) is 3. The summed E-state index contributed by atoms with van der Waals surface area (Å²) in [6.07, 6.45) is 1.69. The van der Waals surface area contributed by atoms with Crippen LogP contribution in [0.15, 0.2) is 71.8 Å². The van der Waals surface area contributed by atoms with E-state index in [0.717, 1.165) is 32.9 Å². The van der Waals surface area contributed by atoms with E-state index in [2.05, 4.69) is 27.2 Å². The molecule has 1 heterocycles. The third kappa shape index (κ3) is 3.34. The fraction of sp³-hybridized carbons (Fsp3) is 0.130. The third-order valence-electron chi connectivity index (χ3n) is 4.94. The van der Waals surface area contributed by atoms with Crippen molar-refractivity contribution in [2.24, 2.45) is 12.1 Å². The predicted molar refractivity (Wildman–Crippen MR) is 113 cm³/mol. The van der Waals surface area contributed by atoms with E-state index in [4.69, 9.17) is 4.74 Å². The first-order valence-electron chi connectivity index (χ1n) is 9.11. The number of nitrogens with one attached hydrogen (secondary N) is 1. The van der Waals surface area contributed by atoms with Gasteiger partial charge in [-0.15, -0.1) is 0 Å². The second-order valence-electron chi connectivity index (χ2n) is 6.63. The number of para-hydroxylation sites is 1. The number of fused-ring (bicyclic) bond motifs is 2. The highest BCUT2D eigenvalue weighted by atomic mass is 16.5. The summed E-state index contributed by atoms with van der Waals surface area (Å²) in [6.45, 7) is 1.94. The summed E-state index contributed by atoms with van der Waals surface area (Å²) in [6, 6.07) is 21.8. The number of nitrogens with zero attached hydrogens (tertiary/aromatic N) is 2. The number of hydrazone groups is 1. The highest BCUT2D eigenvalue weighted by Gasteiger charge is 2.10. The fourth-order valence-corrected chi connectivity index (χ4v) is 3.38. The number of aryl methyl sites for hydroxylation is 1. The molecule has 5 nitrogen and oxygen atoms in total. The standard InChI is InChI=1S/C23H21N3O2/c1-16-20(19-11-5-6-12-21(19)26(16)2)14-24-25-23(27)15-28-22-13-7-9-17-8-3-4-10-18(17)22/h3-14H,15H2,1-2H3,(H,25,27)/b24-14+. The van der Waals surface area contributed by atoms with Crippen LogP contribution in [0, 0.1) is 6.92 Å². The van der Waals surface area contributed by atoms with E-state index in [0.29, 0.717) is 5.75 Å². The van der Waals surface area contributed by atoms with Crippen molar-refractivity contribution in [2.45, 2.75) is 6.92 Å². The van der Waals surface area contributed by atoms with Crippen molar-refractivity contribution in [1.29, 1.82) is 0 Å². The van der Waals surface area contributed by atoms with Gasteiger partial charge in [-0.2, -0.15) is 5.10 Å². The molecule has 0 aliphatic heterocycles. The molecule has 0 fully saturated rings. The predicted octanol–water partition coefficient (Wildman–Crippen LogP) is 4.17. The monoisotopic (exact) mass is 371 g/mol. The number of aromatic nitrogens is 1. The summed E-state index contributed by atoms with van der Waals surface area (Å²) >= 11 is 0. The summed E-state index contributed by atoms with van der Waals surface area (Å²) in [5, 5.41) is 7.28. The van der Waals surface area contributed by atoms with E-state index in [1.165, 1.54) is 0 Å². The molecule has 0 atom stereocenters. The largest absolute Gasteiger partial charge is 0.483 e. The van der Waals surface area contributed by atoms with Crippen molar-refractivity contribution >= 4 is 33.8 Å². The van der Waals surface area contributed by atoms with E-state index in [9.17, 15) is 4.79 Å². The Labute approximate surface area is 163 Å². The average molecular weight is 371 g/mol. The summed E-state index contributed by atoms with van der Waals surface area (Å²) in [5.41, 5.74) is 5.76. The molecular formula is C23H21N3O2. The Morgan fingerprint density at radius 1 is 1.04 bits per heavy atom. The summed E-state index contributed by atoms with van der Waals surface area (Å²) in [5.74, 6) is 0.379. The Hall–Kier alpha value is -3.60. The molecule has 1 amide bonds. The Morgan fingerprint density at radius 2 is 1.75 bits per heavy atom. The van der Waals surface area contributed by atoms with Crippen LogP contribution in [0.3, 0.4) is 0 Å². The molecule has 4 aromatic rings. The van der Waals surface area contributed by atoms with Gasteiger partial charge in [0.15, 0.2) is 6.61 Å². The van der Waals surface area contributed by atoms with Gasteiger partial charge in [0, 0.05) is 34.6 Å². The first-order valence-corrected chi connectivity index (χ1v) is 9.11. The van der Waals surface area contributed by atoms with Gasteiger partial charge in [0.25, 0.3) is 5.91 Å². The molecule has 0 saturated heterocycles. The van der Waals surface area contributed by atoms with E-state index >= 15 is 0 Å². The number of carbonyl (C=O) groups is 1. The van der Waals surface area contributed by atoms with E-state index in [-0.39, 0.29) is 12.5 Å². The zero-order valence-corrected chi connectivity index (χ0v) is 15.8. The molecule has 5 heteroatoms. The highest BCUT2D eigenvalue weighted by Crippen LogP contribution is 2.25. The normalized spacial score (nSPS) is 11.4. The summed E-state index contributed by atoms with van der Waals surface area (Å²) in [4.78, 5) is 12.1. The quantitative estimate of drug-likeness (QED) is 0.423. The molecule has 3 aromatic carbocycles. The van der Waals surface area contributed by atoms with Gasteiger partial charge in [-0.3, -0.25) is 4.79 Å². The maximum Gasteiger partial charge on any atom is 0.277 e. The maximum atomic E-state index is 12.1. The molecule has 1 aromatic heterocycles. The van der Waals surface area contributed by atoms with Crippen molar-refractivity contribution in [3.05, 3.63) is 78.0 Å². The molecule has 0 radical (unpaired) electrons. The van der Waals surface area contributed by atoms with Gasteiger partial charge < -0.3 is 9.30 Å². The lowest BCUT2D eigenvalue weighted by Crippen LogP contribution is -2.24. The smallest absolute Gasteiger partial charge is 0.277 e. The molecule has 4 rings (SSSR count). The van der Waals surface area contributed by atoms with E-state index in [1.807, 2.05) is 68.6 Å². The minimum absolute atomic E-state index is 0.0974. The van der Waals surface area contributed by atoms with Crippen LogP contribution in [0.2, 0.25) is 0 Å². The first kappa shape index (κ1) is 17.8.